The van der Waals surface area contributed by atoms with Gasteiger partial charge in [0.2, 0.25) is 0 Å². The fourth-order valence-corrected chi connectivity index (χ4v) is 4.38. The van der Waals surface area contributed by atoms with Gasteiger partial charge in [-0.25, -0.2) is 0 Å². The van der Waals surface area contributed by atoms with Gasteiger partial charge < -0.3 is 4.74 Å². The highest BCUT2D eigenvalue weighted by Crippen LogP contribution is 2.49. The molecular weight excluding hydrogens is 286 g/mol. The van der Waals surface area contributed by atoms with Crippen molar-refractivity contribution in [1.82, 2.24) is 0 Å². The quantitative estimate of drug-likeness (QED) is 0.574. The van der Waals surface area contributed by atoms with Gasteiger partial charge in [-0.1, -0.05) is 19.3 Å². The number of nitro groups is 1. The summed E-state index contributed by atoms with van der Waals surface area (Å²) in [6.07, 6.45) is 7.82. The summed E-state index contributed by atoms with van der Waals surface area (Å²) >= 11 is 0. The summed E-state index contributed by atoms with van der Waals surface area (Å²) in [4.78, 5) is 35.7. The predicted molar refractivity (Wildman–Crippen MR) is 77.8 cm³/mol. The Balaban J connectivity index is 2.19. The highest BCUT2D eigenvalue weighted by atomic mass is 16.6. The van der Waals surface area contributed by atoms with Gasteiger partial charge in [0.1, 0.15) is 5.60 Å². The molecule has 0 aromatic heterocycles. The zero-order valence-electron chi connectivity index (χ0n) is 12.5. The van der Waals surface area contributed by atoms with Crippen molar-refractivity contribution < 1.29 is 19.2 Å². The summed E-state index contributed by atoms with van der Waals surface area (Å²) in [6, 6.07) is -1.07. The lowest BCUT2D eigenvalue weighted by Crippen LogP contribution is -2.59. The molecule has 3 aliphatic carbocycles. The van der Waals surface area contributed by atoms with E-state index in [0.29, 0.717) is 12.8 Å². The summed E-state index contributed by atoms with van der Waals surface area (Å²) in [6.45, 7) is 0. The topological polar surface area (TPSA) is 86.5 Å². The SMILES string of the molecule is CO[C@@]12CCCCC[C@@H]1[C@H]1C(=O)C=CC(=O)C1=C[C@H]2[N+](=O)[O-]. The predicted octanol–water partition coefficient (Wildman–Crippen LogP) is 1.86. The monoisotopic (exact) mass is 305 g/mol. The van der Waals surface area contributed by atoms with Gasteiger partial charge in [-0.3, -0.25) is 19.7 Å². The van der Waals surface area contributed by atoms with E-state index in [1.807, 2.05) is 0 Å². The summed E-state index contributed by atoms with van der Waals surface area (Å²) in [7, 11) is 1.48. The van der Waals surface area contributed by atoms with Crippen molar-refractivity contribution in [2.24, 2.45) is 11.8 Å². The largest absolute Gasteiger partial charge is 0.370 e. The lowest BCUT2D eigenvalue weighted by Gasteiger charge is -2.46. The Kier molecular flexibility index (Phi) is 3.72. The number of hydrogen-bond acceptors (Lipinski definition) is 5. The Bertz CT molecular complexity index is 593. The number of nitrogens with zero attached hydrogens (tertiary/aromatic N) is 1. The molecule has 1 fully saturated rings. The molecule has 3 aliphatic rings. The normalized spacial score (nSPS) is 37.9. The molecule has 3 rings (SSSR count). The molecule has 6 heteroatoms. The van der Waals surface area contributed by atoms with Crippen LogP contribution < -0.4 is 0 Å². The van der Waals surface area contributed by atoms with Crippen LogP contribution in [0.15, 0.2) is 23.8 Å². The van der Waals surface area contributed by atoms with E-state index in [4.69, 9.17) is 4.74 Å². The van der Waals surface area contributed by atoms with Gasteiger partial charge in [0.15, 0.2) is 11.6 Å². The number of hydrogen-bond donors (Lipinski definition) is 0. The Hall–Kier alpha value is -1.82. The van der Waals surface area contributed by atoms with Crippen LogP contribution in [-0.2, 0) is 14.3 Å². The van der Waals surface area contributed by atoms with Crippen LogP contribution in [0.3, 0.4) is 0 Å². The Morgan fingerprint density at radius 3 is 2.73 bits per heavy atom. The van der Waals surface area contributed by atoms with Crippen LogP contribution in [0.2, 0.25) is 0 Å². The molecule has 0 saturated heterocycles. The van der Waals surface area contributed by atoms with Crippen LogP contribution in [-0.4, -0.2) is 35.2 Å². The molecule has 118 valence electrons. The van der Waals surface area contributed by atoms with Gasteiger partial charge in [-0.05, 0) is 31.1 Å². The molecule has 0 heterocycles. The van der Waals surface area contributed by atoms with Crippen LogP contribution >= 0.6 is 0 Å². The van der Waals surface area contributed by atoms with Gasteiger partial charge in [0, 0.05) is 23.5 Å². The first-order chi connectivity index (χ1) is 10.5. The van der Waals surface area contributed by atoms with Crippen molar-refractivity contribution in [1.29, 1.82) is 0 Å². The molecule has 22 heavy (non-hydrogen) atoms. The molecule has 0 amide bonds. The second-order valence-electron chi connectivity index (χ2n) is 6.29. The summed E-state index contributed by atoms with van der Waals surface area (Å²) in [5.74, 6) is -1.32. The summed E-state index contributed by atoms with van der Waals surface area (Å²) in [5, 5.41) is 11.6. The van der Waals surface area contributed by atoms with Crippen LogP contribution in [0.5, 0.6) is 0 Å². The molecule has 0 aromatic rings. The maximum Gasteiger partial charge on any atom is 0.260 e. The maximum absolute atomic E-state index is 12.4. The molecule has 0 bridgehead atoms. The van der Waals surface area contributed by atoms with E-state index < -0.39 is 17.6 Å². The van der Waals surface area contributed by atoms with E-state index in [2.05, 4.69) is 0 Å². The van der Waals surface area contributed by atoms with Crippen molar-refractivity contribution in [3.05, 3.63) is 33.9 Å². The number of methoxy groups -OCH3 is 1. The minimum atomic E-state index is -1.07. The standard InChI is InChI=1S/C16H19NO5/c1-22-16-8-4-2-3-5-11(16)15-10(9-14(16)17(20)21)12(18)6-7-13(15)19/h6-7,9,11,14-15H,2-5,8H2,1H3/t11-,14-,15+,16+/m1/s1. The fourth-order valence-electron chi connectivity index (χ4n) is 4.38. The van der Waals surface area contributed by atoms with Crippen molar-refractivity contribution in [2.45, 2.75) is 43.7 Å². The van der Waals surface area contributed by atoms with Crippen molar-refractivity contribution in [2.75, 3.05) is 7.11 Å². The van der Waals surface area contributed by atoms with Crippen molar-refractivity contribution in [3.63, 3.8) is 0 Å². The number of rotatable bonds is 2. The minimum absolute atomic E-state index is 0.138. The van der Waals surface area contributed by atoms with E-state index in [9.17, 15) is 19.7 Å². The van der Waals surface area contributed by atoms with Gasteiger partial charge in [-0.15, -0.1) is 0 Å². The van der Waals surface area contributed by atoms with Crippen molar-refractivity contribution >= 4 is 11.6 Å². The van der Waals surface area contributed by atoms with Crippen molar-refractivity contribution in [3.8, 4) is 0 Å². The zero-order chi connectivity index (χ0) is 15.9. The van der Waals surface area contributed by atoms with Gasteiger partial charge in [0.25, 0.3) is 6.04 Å². The molecule has 0 aromatic carbocycles. The number of fused-ring (bicyclic) bond motifs is 3. The maximum atomic E-state index is 12.4. The molecule has 0 radical (unpaired) electrons. The summed E-state index contributed by atoms with van der Waals surface area (Å²) < 4.78 is 5.70. The van der Waals surface area contributed by atoms with E-state index in [0.717, 1.165) is 19.3 Å². The average molecular weight is 305 g/mol. The molecule has 0 unspecified atom stereocenters. The third-order valence-corrected chi connectivity index (χ3v) is 5.38. The number of ketones is 2. The summed E-state index contributed by atoms with van der Waals surface area (Å²) in [5.41, 5.74) is -0.705. The van der Waals surface area contributed by atoms with E-state index in [1.165, 1.54) is 25.3 Å². The highest BCUT2D eigenvalue weighted by Gasteiger charge is 2.60. The molecular formula is C16H19NO5. The minimum Gasteiger partial charge on any atom is -0.370 e. The van der Waals surface area contributed by atoms with Gasteiger partial charge in [0.05, 0.1) is 5.92 Å². The first kappa shape index (κ1) is 15.1. The highest BCUT2D eigenvalue weighted by molar-refractivity contribution is 6.16. The van der Waals surface area contributed by atoms with Crippen LogP contribution in [0.25, 0.3) is 0 Å². The molecule has 4 atom stereocenters. The second-order valence-corrected chi connectivity index (χ2v) is 6.29. The number of carbonyl (C=O) groups is 2. The van der Waals surface area contributed by atoms with Crippen LogP contribution in [0.1, 0.15) is 32.1 Å². The molecule has 1 saturated carbocycles. The Morgan fingerprint density at radius 1 is 1.27 bits per heavy atom. The third kappa shape index (κ3) is 2.05. The lowest BCUT2D eigenvalue weighted by molar-refractivity contribution is -0.538. The van der Waals surface area contributed by atoms with E-state index >= 15 is 0 Å². The molecule has 0 aliphatic heterocycles. The van der Waals surface area contributed by atoms with Gasteiger partial charge >= 0.3 is 0 Å². The lowest BCUT2D eigenvalue weighted by atomic mass is 9.61. The Morgan fingerprint density at radius 2 is 2.05 bits per heavy atom. The molecule has 0 N–H and O–H groups in total. The molecule has 6 nitrogen and oxygen atoms in total. The average Bonchev–Trinajstić information content (AvgIpc) is 2.72. The van der Waals surface area contributed by atoms with Crippen LogP contribution in [0.4, 0.5) is 0 Å². The number of carbonyl (C=O) groups excluding carboxylic acids is 2. The van der Waals surface area contributed by atoms with Crippen LogP contribution in [0, 0.1) is 22.0 Å². The van der Waals surface area contributed by atoms with E-state index in [-0.39, 0.29) is 28.0 Å². The second kappa shape index (κ2) is 5.43. The number of allylic oxidation sites excluding steroid dienone is 3. The smallest absolute Gasteiger partial charge is 0.260 e. The number of ether oxygens (including phenoxy) is 1. The molecule has 0 spiro atoms. The Labute approximate surface area is 128 Å². The van der Waals surface area contributed by atoms with E-state index in [1.54, 1.807) is 0 Å². The first-order valence-corrected chi connectivity index (χ1v) is 7.68. The third-order valence-electron chi connectivity index (χ3n) is 5.38. The fraction of sp³-hybridized carbons (Fsp3) is 0.625. The van der Waals surface area contributed by atoms with Gasteiger partial charge in [-0.2, -0.15) is 0 Å². The zero-order valence-corrected chi connectivity index (χ0v) is 12.5. The first-order valence-electron chi connectivity index (χ1n) is 7.68.